The standard InChI is InChI=1S/C24H44N2O4/c1-3-19-29-21-6-5-12-24(30-20-4-2,26-17-10-23(28)11-18-26)13-7-14-25-15-8-22(27)9-16-25/h3-21H2,1-2H3. The Morgan fingerprint density at radius 2 is 1.37 bits per heavy atom. The molecule has 2 fully saturated rings. The summed E-state index contributed by atoms with van der Waals surface area (Å²) in [6.07, 6.45) is 9.93. The summed E-state index contributed by atoms with van der Waals surface area (Å²) >= 11 is 0. The molecule has 0 N–H and O–H groups in total. The third kappa shape index (κ3) is 8.74. The number of ketones is 2. The largest absolute Gasteiger partial charge is 0.381 e. The number of carbonyl (C=O) groups excluding carboxylic acids is 2. The van der Waals surface area contributed by atoms with Gasteiger partial charge in [-0.1, -0.05) is 13.8 Å². The van der Waals surface area contributed by atoms with Gasteiger partial charge < -0.3 is 14.4 Å². The molecule has 0 bridgehead atoms. The van der Waals surface area contributed by atoms with Crippen molar-refractivity contribution in [3.63, 3.8) is 0 Å². The van der Waals surface area contributed by atoms with Crippen LogP contribution in [0.1, 0.15) is 84.5 Å². The second-order valence-electron chi connectivity index (χ2n) is 8.87. The minimum absolute atomic E-state index is 0.271. The molecule has 0 radical (unpaired) electrons. The number of ether oxygens (including phenoxy) is 2. The van der Waals surface area contributed by atoms with E-state index in [-0.39, 0.29) is 5.72 Å². The quantitative estimate of drug-likeness (QED) is 0.373. The van der Waals surface area contributed by atoms with Crippen molar-refractivity contribution in [3.8, 4) is 0 Å². The molecule has 30 heavy (non-hydrogen) atoms. The van der Waals surface area contributed by atoms with Crippen LogP contribution in [-0.2, 0) is 19.1 Å². The first kappa shape index (κ1) is 25.4. The smallest absolute Gasteiger partial charge is 0.135 e. The number of nitrogens with zero attached hydrogens (tertiary/aromatic N) is 2. The maximum Gasteiger partial charge on any atom is 0.135 e. The molecule has 1 atom stereocenters. The molecule has 6 nitrogen and oxygen atoms in total. The zero-order chi connectivity index (χ0) is 21.7. The first-order valence-electron chi connectivity index (χ1n) is 12.3. The lowest BCUT2D eigenvalue weighted by molar-refractivity contribution is -0.176. The van der Waals surface area contributed by atoms with E-state index >= 15 is 0 Å². The van der Waals surface area contributed by atoms with Crippen molar-refractivity contribution in [3.05, 3.63) is 0 Å². The lowest BCUT2D eigenvalue weighted by Gasteiger charge is -2.46. The summed E-state index contributed by atoms with van der Waals surface area (Å²) in [4.78, 5) is 28.2. The van der Waals surface area contributed by atoms with Gasteiger partial charge in [0.25, 0.3) is 0 Å². The lowest BCUT2D eigenvalue weighted by Crippen LogP contribution is -2.54. The van der Waals surface area contributed by atoms with Gasteiger partial charge in [-0.2, -0.15) is 0 Å². The molecule has 0 saturated carbocycles. The summed E-state index contributed by atoms with van der Waals surface area (Å²) in [7, 11) is 0. The van der Waals surface area contributed by atoms with Crippen LogP contribution in [-0.4, -0.2) is 79.6 Å². The Bertz CT molecular complexity index is 493. The molecular weight excluding hydrogens is 380 g/mol. The number of Topliss-reactive ketones (excluding diaryl/α,β-unsaturated/α-hetero) is 2. The molecule has 0 aromatic rings. The summed E-state index contributed by atoms with van der Waals surface area (Å²) in [5, 5.41) is 0. The van der Waals surface area contributed by atoms with Crippen molar-refractivity contribution >= 4 is 11.6 Å². The highest BCUT2D eigenvalue weighted by Gasteiger charge is 2.38. The maximum absolute atomic E-state index is 11.8. The van der Waals surface area contributed by atoms with Gasteiger partial charge in [-0.25, -0.2) is 0 Å². The van der Waals surface area contributed by atoms with Crippen molar-refractivity contribution in [1.82, 2.24) is 9.80 Å². The summed E-state index contributed by atoms with van der Waals surface area (Å²) in [5.74, 6) is 0.775. The minimum Gasteiger partial charge on any atom is -0.381 e. The third-order valence-electron chi connectivity index (χ3n) is 6.38. The Kier molecular flexibility index (Phi) is 12.1. The van der Waals surface area contributed by atoms with Crippen LogP contribution in [0.5, 0.6) is 0 Å². The van der Waals surface area contributed by atoms with E-state index in [1.807, 2.05) is 0 Å². The first-order chi connectivity index (χ1) is 14.6. The van der Waals surface area contributed by atoms with Gasteiger partial charge in [-0.05, 0) is 51.5 Å². The molecule has 2 saturated heterocycles. The van der Waals surface area contributed by atoms with Crippen molar-refractivity contribution in [2.45, 2.75) is 90.2 Å². The van der Waals surface area contributed by atoms with Gasteiger partial charge in [0.05, 0.1) is 0 Å². The predicted molar refractivity (Wildman–Crippen MR) is 120 cm³/mol. The molecule has 0 amide bonds. The zero-order valence-electron chi connectivity index (χ0n) is 19.5. The molecule has 0 aromatic heterocycles. The highest BCUT2D eigenvalue weighted by molar-refractivity contribution is 5.79. The van der Waals surface area contributed by atoms with Gasteiger partial charge in [0.15, 0.2) is 0 Å². The average Bonchev–Trinajstić information content (AvgIpc) is 2.76. The van der Waals surface area contributed by atoms with Gasteiger partial charge >= 0.3 is 0 Å². The van der Waals surface area contributed by atoms with Crippen LogP contribution in [0.15, 0.2) is 0 Å². The predicted octanol–water partition coefficient (Wildman–Crippen LogP) is 3.82. The number of unbranched alkanes of at least 4 members (excludes halogenated alkanes) is 1. The van der Waals surface area contributed by atoms with Gasteiger partial charge in [0.1, 0.15) is 17.3 Å². The lowest BCUT2D eigenvalue weighted by atomic mass is 9.94. The SMILES string of the molecule is CCCOCCCCC(CCCN1CCC(=O)CC1)(OCCC)N1CCC(=O)CC1. The molecular formula is C24H44N2O4. The Balaban J connectivity index is 1.95. The van der Waals surface area contributed by atoms with E-state index in [2.05, 4.69) is 23.6 Å². The summed E-state index contributed by atoms with van der Waals surface area (Å²) in [6, 6.07) is 0. The van der Waals surface area contributed by atoms with E-state index in [1.54, 1.807) is 0 Å². The van der Waals surface area contributed by atoms with E-state index in [0.717, 1.165) is 97.5 Å². The van der Waals surface area contributed by atoms with E-state index in [0.29, 0.717) is 37.2 Å². The van der Waals surface area contributed by atoms with Crippen molar-refractivity contribution < 1.29 is 19.1 Å². The third-order valence-corrected chi connectivity index (χ3v) is 6.38. The van der Waals surface area contributed by atoms with Crippen molar-refractivity contribution in [2.75, 3.05) is 52.5 Å². The number of likely N-dealkylation sites (tertiary alicyclic amines) is 2. The maximum atomic E-state index is 11.8. The van der Waals surface area contributed by atoms with Crippen LogP contribution in [0.4, 0.5) is 0 Å². The molecule has 2 rings (SSSR count). The summed E-state index contributed by atoms with van der Waals surface area (Å²) in [6.45, 7) is 11.2. The molecule has 174 valence electrons. The van der Waals surface area contributed by atoms with Gasteiger partial charge in [0.2, 0.25) is 0 Å². The second kappa shape index (κ2) is 14.3. The Labute approximate surface area is 183 Å². The topological polar surface area (TPSA) is 59.1 Å². The molecule has 2 heterocycles. The van der Waals surface area contributed by atoms with Crippen LogP contribution in [0.3, 0.4) is 0 Å². The second-order valence-corrected chi connectivity index (χ2v) is 8.87. The molecule has 0 aliphatic carbocycles. The number of piperidine rings is 2. The highest BCUT2D eigenvalue weighted by Crippen LogP contribution is 2.32. The van der Waals surface area contributed by atoms with E-state index < -0.39 is 0 Å². The van der Waals surface area contributed by atoms with Crippen LogP contribution in [0.2, 0.25) is 0 Å². The van der Waals surface area contributed by atoms with Crippen molar-refractivity contribution in [2.24, 2.45) is 0 Å². The monoisotopic (exact) mass is 424 g/mol. The van der Waals surface area contributed by atoms with Crippen LogP contribution in [0, 0.1) is 0 Å². The van der Waals surface area contributed by atoms with E-state index in [4.69, 9.17) is 9.47 Å². The van der Waals surface area contributed by atoms with E-state index in [9.17, 15) is 9.59 Å². The summed E-state index contributed by atoms with van der Waals surface area (Å²) in [5.41, 5.74) is -0.271. The fourth-order valence-corrected chi connectivity index (χ4v) is 4.59. The molecule has 2 aliphatic rings. The van der Waals surface area contributed by atoms with E-state index in [1.165, 1.54) is 0 Å². The molecule has 2 aliphatic heterocycles. The molecule has 1 unspecified atom stereocenters. The van der Waals surface area contributed by atoms with Crippen LogP contribution < -0.4 is 0 Å². The van der Waals surface area contributed by atoms with Crippen LogP contribution >= 0.6 is 0 Å². The normalized spacial score (nSPS) is 21.1. The van der Waals surface area contributed by atoms with Gasteiger partial charge in [-0.3, -0.25) is 14.5 Å². The van der Waals surface area contributed by atoms with Gasteiger partial charge in [-0.15, -0.1) is 0 Å². The van der Waals surface area contributed by atoms with Gasteiger partial charge in [0, 0.05) is 71.7 Å². The van der Waals surface area contributed by atoms with Crippen molar-refractivity contribution in [1.29, 1.82) is 0 Å². The molecule has 0 aromatic carbocycles. The molecule has 0 spiro atoms. The Morgan fingerprint density at radius 3 is 2.00 bits per heavy atom. The Hall–Kier alpha value is -0.820. The fraction of sp³-hybridized carbons (Fsp3) is 0.917. The number of carbonyl (C=O) groups is 2. The molecule has 6 heteroatoms. The highest BCUT2D eigenvalue weighted by atomic mass is 16.5. The summed E-state index contributed by atoms with van der Waals surface area (Å²) < 4.78 is 12.3. The average molecular weight is 425 g/mol. The van der Waals surface area contributed by atoms with Crippen LogP contribution in [0.25, 0.3) is 0 Å². The number of hydrogen-bond acceptors (Lipinski definition) is 6. The number of rotatable bonds is 15. The fourth-order valence-electron chi connectivity index (χ4n) is 4.59. The number of hydrogen-bond donors (Lipinski definition) is 0. The minimum atomic E-state index is -0.271. The Morgan fingerprint density at radius 1 is 0.767 bits per heavy atom. The first-order valence-corrected chi connectivity index (χ1v) is 12.3. The zero-order valence-corrected chi connectivity index (χ0v) is 19.5.